The number of rotatable bonds is 4. The van der Waals surface area contributed by atoms with Crippen LogP contribution in [0.25, 0.3) is 10.9 Å². The van der Waals surface area contributed by atoms with E-state index in [2.05, 4.69) is 59.7 Å². The van der Waals surface area contributed by atoms with Gasteiger partial charge in [-0.1, -0.05) is 42.5 Å². The van der Waals surface area contributed by atoms with Crippen molar-refractivity contribution in [1.82, 2.24) is 10.3 Å². The Morgan fingerprint density at radius 1 is 1.00 bits per heavy atom. The van der Waals surface area contributed by atoms with Gasteiger partial charge < -0.3 is 5.32 Å². The number of fused-ring (bicyclic) bond motifs is 2. The molecule has 1 N–H and O–H groups in total. The summed E-state index contributed by atoms with van der Waals surface area (Å²) in [4.78, 5) is 4.55. The number of nitrogens with zero attached hydrogens (tertiary/aromatic N) is 1. The molecule has 0 saturated carbocycles. The van der Waals surface area contributed by atoms with E-state index in [0.717, 1.165) is 12.1 Å². The Kier molecular flexibility index (Phi) is 4.31. The Labute approximate surface area is 143 Å². The molecule has 2 heteroatoms. The lowest BCUT2D eigenvalue weighted by Crippen LogP contribution is -2.19. The van der Waals surface area contributed by atoms with Crippen LogP contribution in [-0.2, 0) is 19.4 Å². The smallest absolute Gasteiger partial charge is 0.0746 e. The van der Waals surface area contributed by atoms with Gasteiger partial charge in [-0.2, -0.15) is 0 Å². The average Bonchev–Trinajstić information content (AvgIpc) is 2.65. The molecule has 1 aliphatic carbocycles. The zero-order chi connectivity index (χ0) is 16.4. The Bertz CT molecular complexity index is 848. The first-order valence-corrected chi connectivity index (χ1v) is 8.99. The molecular weight excluding hydrogens is 292 g/mol. The van der Waals surface area contributed by atoms with E-state index in [4.69, 9.17) is 0 Å². The molecule has 2 aromatic carbocycles. The van der Waals surface area contributed by atoms with Crippen molar-refractivity contribution in [3.63, 3.8) is 0 Å². The van der Waals surface area contributed by atoms with E-state index in [9.17, 15) is 0 Å². The molecule has 0 radical (unpaired) electrons. The van der Waals surface area contributed by atoms with Gasteiger partial charge in [-0.15, -0.1) is 0 Å². The highest BCUT2D eigenvalue weighted by Gasteiger charge is 2.12. The van der Waals surface area contributed by atoms with Gasteiger partial charge in [0, 0.05) is 24.2 Å². The van der Waals surface area contributed by atoms with Crippen LogP contribution in [0.4, 0.5) is 0 Å². The summed E-state index contributed by atoms with van der Waals surface area (Å²) in [7, 11) is 0. The average molecular weight is 316 g/mol. The minimum atomic E-state index is 0.344. The van der Waals surface area contributed by atoms with Gasteiger partial charge in [0.15, 0.2) is 0 Å². The normalized spacial score (nSPS) is 15.2. The van der Waals surface area contributed by atoms with Gasteiger partial charge in [0.05, 0.1) is 5.52 Å². The molecule has 0 bridgehead atoms. The van der Waals surface area contributed by atoms with Crippen LogP contribution in [0.1, 0.15) is 48.1 Å². The van der Waals surface area contributed by atoms with Crippen LogP contribution in [0.3, 0.4) is 0 Å². The first kappa shape index (κ1) is 15.3. The summed E-state index contributed by atoms with van der Waals surface area (Å²) in [6.07, 6.45) is 7.04. The molecule has 122 valence electrons. The zero-order valence-electron chi connectivity index (χ0n) is 14.3. The fraction of sp³-hybridized carbons (Fsp3) is 0.318. The number of hydrogen-bond acceptors (Lipinski definition) is 2. The van der Waals surface area contributed by atoms with Gasteiger partial charge in [0.2, 0.25) is 0 Å². The number of aryl methyl sites for hydroxylation is 2. The van der Waals surface area contributed by atoms with E-state index in [0.29, 0.717) is 6.04 Å². The van der Waals surface area contributed by atoms with E-state index in [1.807, 2.05) is 12.3 Å². The van der Waals surface area contributed by atoms with Gasteiger partial charge in [0.1, 0.15) is 0 Å². The zero-order valence-corrected chi connectivity index (χ0v) is 14.3. The SMILES string of the molecule is CC(NCc1cccc2cccnc12)c1ccc2c(c1)CCCC2. The minimum Gasteiger partial charge on any atom is -0.306 e. The van der Waals surface area contributed by atoms with Crippen molar-refractivity contribution in [2.24, 2.45) is 0 Å². The van der Waals surface area contributed by atoms with Crippen molar-refractivity contribution < 1.29 is 0 Å². The quantitative estimate of drug-likeness (QED) is 0.735. The van der Waals surface area contributed by atoms with Crippen LogP contribution in [0.15, 0.2) is 54.7 Å². The van der Waals surface area contributed by atoms with Crippen LogP contribution in [0.5, 0.6) is 0 Å². The summed E-state index contributed by atoms with van der Waals surface area (Å²) in [6.45, 7) is 3.09. The second kappa shape index (κ2) is 6.74. The van der Waals surface area contributed by atoms with E-state index in [1.54, 1.807) is 11.1 Å². The van der Waals surface area contributed by atoms with Crippen molar-refractivity contribution in [3.05, 3.63) is 77.0 Å². The molecule has 0 aliphatic heterocycles. The Hall–Kier alpha value is -2.19. The third-order valence-electron chi connectivity index (χ3n) is 5.19. The summed E-state index contributed by atoms with van der Waals surface area (Å²) >= 11 is 0. The van der Waals surface area contributed by atoms with Crippen molar-refractivity contribution in [1.29, 1.82) is 0 Å². The number of pyridine rings is 1. The Morgan fingerprint density at radius 2 is 1.83 bits per heavy atom. The van der Waals surface area contributed by atoms with Crippen molar-refractivity contribution in [2.75, 3.05) is 0 Å². The number of hydrogen-bond donors (Lipinski definition) is 1. The molecule has 0 amide bonds. The van der Waals surface area contributed by atoms with Gasteiger partial charge in [-0.3, -0.25) is 4.98 Å². The predicted octanol–water partition coefficient (Wildman–Crippen LogP) is 4.96. The van der Waals surface area contributed by atoms with Crippen LogP contribution >= 0.6 is 0 Å². The molecule has 1 heterocycles. The summed E-state index contributed by atoms with van der Waals surface area (Å²) in [5, 5.41) is 4.88. The lowest BCUT2D eigenvalue weighted by atomic mass is 9.89. The highest BCUT2D eigenvalue weighted by atomic mass is 14.9. The molecular formula is C22H24N2. The van der Waals surface area contributed by atoms with E-state index in [1.165, 1.54) is 42.2 Å². The van der Waals surface area contributed by atoms with Gasteiger partial charge in [-0.25, -0.2) is 0 Å². The second-order valence-corrected chi connectivity index (χ2v) is 6.83. The molecule has 1 aliphatic rings. The van der Waals surface area contributed by atoms with Crippen molar-refractivity contribution in [3.8, 4) is 0 Å². The molecule has 0 saturated heterocycles. The number of para-hydroxylation sites is 1. The van der Waals surface area contributed by atoms with Crippen molar-refractivity contribution in [2.45, 2.75) is 45.2 Å². The maximum atomic E-state index is 4.55. The summed E-state index contributed by atoms with van der Waals surface area (Å²) in [6, 6.07) is 17.9. The Morgan fingerprint density at radius 3 is 2.75 bits per heavy atom. The highest BCUT2D eigenvalue weighted by Crippen LogP contribution is 2.25. The largest absolute Gasteiger partial charge is 0.306 e. The fourth-order valence-electron chi connectivity index (χ4n) is 3.71. The first-order chi connectivity index (χ1) is 11.8. The fourth-order valence-corrected chi connectivity index (χ4v) is 3.71. The van der Waals surface area contributed by atoms with Crippen LogP contribution < -0.4 is 5.32 Å². The predicted molar refractivity (Wildman–Crippen MR) is 100 cm³/mol. The molecule has 0 spiro atoms. The van der Waals surface area contributed by atoms with E-state index < -0.39 is 0 Å². The second-order valence-electron chi connectivity index (χ2n) is 6.83. The number of aromatic nitrogens is 1. The molecule has 2 nitrogen and oxygen atoms in total. The lowest BCUT2D eigenvalue weighted by molar-refractivity contribution is 0.573. The topological polar surface area (TPSA) is 24.9 Å². The standard InChI is InChI=1S/C22H24N2/c1-16(19-12-11-17-6-2-3-7-20(17)14-19)24-15-21-9-4-8-18-10-5-13-23-22(18)21/h4-5,8-14,16,24H,2-3,6-7,15H2,1H3. The van der Waals surface area contributed by atoms with Crippen LogP contribution in [0.2, 0.25) is 0 Å². The van der Waals surface area contributed by atoms with Crippen LogP contribution in [0, 0.1) is 0 Å². The maximum absolute atomic E-state index is 4.55. The molecule has 1 unspecified atom stereocenters. The van der Waals surface area contributed by atoms with Gasteiger partial charge in [0.25, 0.3) is 0 Å². The molecule has 1 atom stereocenters. The van der Waals surface area contributed by atoms with Crippen molar-refractivity contribution >= 4 is 10.9 Å². The van der Waals surface area contributed by atoms with Gasteiger partial charge >= 0.3 is 0 Å². The monoisotopic (exact) mass is 316 g/mol. The van der Waals surface area contributed by atoms with Crippen LogP contribution in [-0.4, -0.2) is 4.98 Å². The molecule has 1 aromatic heterocycles. The number of nitrogens with one attached hydrogen (secondary N) is 1. The third-order valence-corrected chi connectivity index (χ3v) is 5.19. The summed E-state index contributed by atoms with van der Waals surface area (Å²) in [5.74, 6) is 0. The molecule has 4 rings (SSSR count). The van der Waals surface area contributed by atoms with E-state index >= 15 is 0 Å². The first-order valence-electron chi connectivity index (χ1n) is 8.99. The minimum absolute atomic E-state index is 0.344. The maximum Gasteiger partial charge on any atom is 0.0746 e. The Balaban J connectivity index is 1.51. The third kappa shape index (κ3) is 3.07. The number of benzene rings is 2. The lowest BCUT2D eigenvalue weighted by Gasteiger charge is -2.20. The summed E-state index contributed by atoms with van der Waals surface area (Å²) in [5.41, 5.74) is 6.86. The van der Waals surface area contributed by atoms with E-state index in [-0.39, 0.29) is 0 Å². The van der Waals surface area contributed by atoms with Gasteiger partial charge in [-0.05, 0) is 60.9 Å². The molecule has 24 heavy (non-hydrogen) atoms. The molecule has 0 fully saturated rings. The summed E-state index contributed by atoms with van der Waals surface area (Å²) < 4.78 is 0. The highest BCUT2D eigenvalue weighted by molar-refractivity contribution is 5.81. The molecule has 3 aromatic rings.